The highest BCUT2D eigenvalue weighted by atomic mass is 32.2. The Morgan fingerprint density at radius 3 is 2.27 bits per heavy atom. The molecule has 1 aromatic carbocycles. The third-order valence-electron chi connectivity index (χ3n) is 3.96. The van der Waals surface area contributed by atoms with Gasteiger partial charge in [-0.1, -0.05) is 6.07 Å². The number of rotatable bonds is 6. The molecule has 1 heterocycles. The van der Waals surface area contributed by atoms with Crippen LogP contribution in [0.3, 0.4) is 0 Å². The topological polar surface area (TPSA) is 99.8 Å². The van der Waals surface area contributed by atoms with Crippen molar-refractivity contribution in [3.8, 4) is 11.5 Å². The molecule has 0 aliphatic rings. The van der Waals surface area contributed by atoms with Crippen molar-refractivity contribution in [3.05, 3.63) is 50.8 Å². The number of aryl methyl sites for hydroxylation is 1. The predicted octanol–water partition coefficient (Wildman–Crippen LogP) is -0.0781. The number of hydrogen-bond donors (Lipinski definition) is 0. The van der Waals surface area contributed by atoms with Gasteiger partial charge in [0.05, 0.1) is 14.2 Å². The quantitative estimate of drug-likeness (QED) is 0.692. The van der Waals surface area contributed by atoms with Crippen LogP contribution in [0, 0.1) is 0 Å². The molecule has 0 atom stereocenters. The van der Waals surface area contributed by atoms with E-state index in [1.165, 1.54) is 35.4 Å². The van der Waals surface area contributed by atoms with E-state index in [1.807, 2.05) is 0 Å². The Balaban J connectivity index is 2.42. The summed E-state index contributed by atoms with van der Waals surface area (Å²) in [5.41, 5.74) is -0.820. The average molecular weight is 383 g/mol. The van der Waals surface area contributed by atoms with Crippen molar-refractivity contribution < 1.29 is 17.9 Å². The van der Waals surface area contributed by atoms with E-state index in [0.717, 1.165) is 19.6 Å². The lowest BCUT2D eigenvalue weighted by atomic mass is 10.2. The van der Waals surface area contributed by atoms with Gasteiger partial charge in [0.2, 0.25) is 10.0 Å². The molecule has 0 saturated heterocycles. The third kappa shape index (κ3) is 3.51. The van der Waals surface area contributed by atoms with Crippen molar-refractivity contribution in [1.29, 1.82) is 0 Å². The highest BCUT2D eigenvalue weighted by molar-refractivity contribution is 7.89. The van der Waals surface area contributed by atoms with Crippen molar-refractivity contribution in [3.63, 3.8) is 0 Å². The molecule has 0 bridgehead atoms. The Morgan fingerprint density at radius 1 is 1.08 bits per heavy atom. The zero-order chi connectivity index (χ0) is 19.6. The molecule has 0 fully saturated rings. The van der Waals surface area contributed by atoms with Crippen LogP contribution < -0.4 is 20.7 Å². The van der Waals surface area contributed by atoms with Crippen LogP contribution in [0.4, 0.5) is 0 Å². The van der Waals surface area contributed by atoms with Crippen LogP contribution in [-0.2, 0) is 30.7 Å². The fourth-order valence-electron chi connectivity index (χ4n) is 2.44. The zero-order valence-electron chi connectivity index (χ0n) is 15.2. The number of aromatic nitrogens is 2. The summed E-state index contributed by atoms with van der Waals surface area (Å²) in [6.07, 6.45) is 1.03. The second-order valence-electron chi connectivity index (χ2n) is 5.70. The van der Waals surface area contributed by atoms with Crippen molar-refractivity contribution >= 4 is 10.0 Å². The van der Waals surface area contributed by atoms with Gasteiger partial charge < -0.3 is 14.0 Å². The van der Waals surface area contributed by atoms with Gasteiger partial charge in [-0.05, 0) is 17.7 Å². The minimum atomic E-state index is -4.10. The third-order valence-corrected chi connectivity index (χ3v) is 5.74. The van der Waals surface area contributed by atoms with Gasteiger partial charge in [0, 0.05) is 33.9 Å². The Kier molecular flexibility index (Phi) is 5.57. The molecule has 0 aliphatic heterocycles. The first-order chi connectivity index (χ1) is 12.1. The van der Waals surface area contributed by atoms with Gasteiger partial charge in [0.25, 0.3) is 5.56 Å². The van der Waals surface area contributed by atoms with Crippen LogP contribution in [0.15, 0.2) is 38.9 Å². The molecule has 2 aromatic rings. The molecule has 26 heavy (non-hydrogen) atoms. The fraction of sp³-hybridized carbons (Fsp3) is 0.375. The van der Waals surface area contributed by atoms with E-state index in [1.54, 1.807) is 18.2 Å². The molecule has 0 saturated carbocycles. The Morgan fingerprint density at radius 2 is 1.69 bits per heavy atom. The van der Waals surface area contributed by atoms with Crippen LogP contribution in [0.5, 0.6) is 11.5 Å². The fourth-order valence-corrected chi connectivity index (χ4v) is 3.74. The number of nitrogens with zero attached hydrogens (tertiary/aromatic N) is 3. The standard InChI is InChI=1S/C16H21N3O6S/c1-17-10-14(15(20)19(3)16(17)21)26(22,23)18(2)9-11-6-7-12(24-4)13(8-11)25-5/h6-8,10H,9H2,1-5H3. The molecule has 0 N–H and O–H groups in total. The lowest BCUT2D eigenvalue weighted by molar-refractivity contribution is 0.354. The molecule has 2 rings (SSSR count). The number of sulfonamides is 1. The monoisotopic (exact) mass is 383 g/mol. The van der Waals surface area contributed by atoms with E-state index in [9.17, 15) is 18.0 Å². The van der Waals surface area contributed by atoms with Crippen molar-refractivity contribution in [2.75, 3.05) is 21.3 Å². The predicted molar refractivity (Wildman–Crippen MR) is 95.1 cm³/mol. The highest BCUT2D eigenvalue weighted by Crippen LogP contribution is 2.28. The van der Waals surface area contributed by atoms with Gasteiger partial charge in [-0.15, -0.1) is 0 Å². The molecular formula is C16H21N3O6S. The largest absolute Gasteiger partial charge is 0.493 e. The van der Waals surface area contributed by atoms with Crippen LogP contribution in [0.2, 0.25) is 0 Å². The summed E-state index contributed by atoms with van der Waals surface area (Å²) in [5, 5.41) is 0. The van der Waals surface area contributed by atoms with Crippen LogP contribution in [-0.4, -0.2) is 43.1 Å². The Labute approximate surface area is 151 Å². The number of methoxy groups -OCH3 is 2. The SMILES string of the molecule is COc1ccc(CN(C)S(=O)(=O)c2cn(C)c(=O)n(C)c2=O)cc1OC. The summed E-state index contributed by atoms with van der Waals surface area (Å²) in [7, 11) is 2.87. The van der Waals surface area contributed by atoms with Gasteiger partial charge in [0.1, 0.15) is 0 Å². The summed E-state index contributed by atoms with van der Waals surface area (Å²) in [5.74, 6) is 0.988. The lowest BCUT2D eigenvalue weighted by Gasteiger charge is -2.18. The van der Waals surface area contributed by atoms with Gasteiger partial charge in [-0.3, -0.25) is 9.36 Å². The second kappa shape index (κ2) is 7.34. The molecule has 0 radical (unpaired) electrons. The Bertz CT molecular complexity index is 1040. The molecule has 0 unspecified atom stereocenters. The van der Waals surface area contributed by atoms with Gasteiger partial charge in [0.15, 0.2) is 16.4 Å². The molecule has 10 heteroatoms. The van der Waals surface area contributed by atoms with E-state index in [0.29, 0.717) is 17.1 Å². The first-order valence-corrected chi connectivity index (χ1v) is 9.01. The minimum Gasteiger partial charge on any atom is -0.493 e. The van der Waals surface area contributed by atoms with Crippen molar-refractivity contribution in [2.45, 2.75) is 11.4 Å². The van der Waals surface area contributed by atoms with E-state index in [4.69, 9.17) is 9.47 Å². The van der Waals surface area contributed by atoms with Gasteiger partial charge >= 0.3 is 5.69 Å². The summed E-state index contributed by atoms with van der Waals surface area (Å²) in [6, 6.07) is 5.02. The number of ether oxygens (including phenoxy) is 2. The maximum Gasteiger partial charge on any atom is 0.330 e. The zero-order valence-corrected chi connectivity index (χ0v) is 16.0. The summed E-state index contributed by atoms with van der Waals surface area (Å²) < 4.78 is 38.8. The molecular weight excluding hydrogens is 362 g/mol. The second-order valence-corrected chi connectivity index (χ2v) is 7.71. The van der Waals surface area contributed by atoms with E-state index >= 15 is 0 Å². The average Bonchev–Trinajstić information content (AvgIpc) is 2.62. The number of benzene rings is 1. The van der Waals surface area contributed by atoms with Crippen molar-refractivity contribution in [2.24, 2.45) is 14.1 Å². The minimum absolute atomic E-state index is 0.00861. The smallest absolute Gasteiger partial charge is 0.330 e. The Hall–Kier alpha value is -2.59. The molecule has 9 nitrogen and oxygen atoms in total. The van der Waals surface area contributed by atoms with Crippen LogP contribution >= 0.6 is 0 Å². The van der Waals surface area contributed by atoms with E-state index in [2.05, 4.69) is 0 Å². The first-order valence-electron chi connectivity index (χ1n) is 7.57. The first kappa shape index (κ1) is 19.7. The van der Waals surface area contributed by atoms with Crippen molar-refractivity contribution in [1.82, 2.24) is 13.4 Å². The number of hydrogen-bond acceptors (Lipinski definition) is 6. The maximum atomic E-state index is 12.8. The summed E-state index contributed by atoms with van der Waals surface area (Å²) in [6.45, 7) is 0.00861. The molecule has 0 amide bonds. The molecule has 1 aromatic heterocycles. The summed E-state index contributed by atoms with van der Waals surface area (Å²) >= 11 is 0. The normalized spacial score (nSPS) is 11.6. The van der Waals surface area contributed by atoms with E-state index in [-0.39, 0.29) is 6.54 Å². The van der Waals surface area contributed by atoms with Crippen LogP contribution in [0.1, 0.15) is 5.56 Å². The van der Waals surface area contributed by atoms with E-state index < -0.39 is 26.2 Å². The summed E-state index contributed by atoms with van der Waals surface area (Å²) in [4.78, 5) is 23.5. The van der Waals surface area contributed by atoms with Gasteiger partial charge in [-0.25, -0.2) is 13.2 Å². The maximum absolute atomic E-state index is 12.8. The highest BCUT2D eigenvalue weighted by Gasteiger charge is 2.26. The molecule has 0 spiro atoms. The van der Waals surface area contributed by atoms with Crippen LogP contribution in [0.25, 0.3) is 0 Å². The van der Waals surface area contributed by atoms with Gasteiger partial charge in [-0.2, -0.15) is 4.31 Å². The lowest BCUT2D eigenvalue weighted by Crippen LogP contribution is -2.41. The molecule has 0 aliphatic carbocycles. The molecule has 142 valence electrons.